The fourth-order valence-electron chi connectivity index (χ4n) is 6.03. The third-order valence-electron chi connectivity index (χ3n) is 6.59. The second-order valence-corrected chi connectivity index (χ2v) is 8.68. The van der Waals surface area contributed by atoms with Crippen molar-refractivity contribution in [3.63, 3.8) is 0 Å². The smallest absolute Gasteiger partial charge is 0.138 e. The average Bonchev–Trinajstić information content (AvgIpc) is 2.51. The zero-order valence-electron chi connectivity index (χ0n) is 13.5. The van der Waals surface area contributed by atoms with Crippen LogP contribution in [-0.2, 0) is 6.54 Å². The van der Waals surface area contributed by atoms with Gasteiger partial charge in [-0.3, -0.25) is 0 Å². The molecule has 23 heavy (non-hydrogen) atoms. The maximum atomic E-state index is 6.46. The van der Waals surface area contributed by atoms with Crippen molar-refractivity contribution in [3.8, 4) is 0 Å². The molecule has 0 amide bonds. The summed E-state index contributed by atoms with van der Waals surface area (Å²) in [5, 5.41) is 4.50. The van der Waals surface area contributed by atoms with Crippen molar-refractivity contribution in [2.24, 2.45) is 17.8 Å². The van der Waals surface area contributed by atoms with Crippen molar-refractivity contribution in [1.29, 1.82) is 0 Å². The van der Waals surface area contributed by atoms with Gasteiger partial charge >= 0.3 is 0 Å². The van der Waals surface area contributed by atoms with Gasteiger partial charge in [0.1, 0.15) is 11.7 Å². The van der Waals surface area contributed by atoms with E-state index in [0.717, 1.165) is 29.8 Å². The Labute approximate surface area is 142 Å². The summed E-state index contributed by atoms with van der Waals surface area (Å²) in [4.78, 5) is 4.59. The molecule has 1 aromatic heterocycles. The first-order chi connectivity index (χ1) is 11.2. The standard InChI is InChI=1S/C20H23ClN2/c21-19-17(8-16-3-1-2-4-18(16)23-19)12-22-20-9-13-5-14(10-20)7-15(6-13)11-20/h1-4,8,13-15,22H,5-7,9-12H2/p+1. The van der Waals surface area contributed by atoms with Crippen LogP contribution in [0, 0.1) is 17.8 Å². The van der Waals surface area contributed by atoms with Crippen molar-refractivity contribution in [2.45, 2.75) is 50.6 Å². The summed E-state index contributed by atoms with van der Waals surface area (Å²) >= 11 is 6.46. The molecule has 1 aromatic carbocycles. The number of hydrogen-bond acceptors (Lipinski definition) is 1. The van der Waals surface area contributed by atoms with Crippen LogP contribution in [0.2, 0.25) is 5.15 Å². The zero-order chi connectivity index (χ0) is 15.4. The van der Waals surface area contributed by atoms with E-state index >= 15 is 0 Å². The lowest BCUT2D eigenvalue weighted by atomic mass is 9.53. The van der Waals surface area contributed by atoms with Gasteiger partial charge in [0.05, 0.1) is 11.1 Å². The minimum atomic E-state index is 0.504. The first kappa shape index (κ1) is 14.2. The van der Waals surface area contributed by atoms with Gasteiger partial charge in [0, 0.05) is 30.2 Å². The number of nitrogens with two attached hydrogens (primary N) is 1. The molecule has 3 heteroatoms. The number of rotatable bonds is 3. The topological polar surface area (TPSA) is 29.5 Å². The lowest BCUT2D eigenvalue weighted by molar-refractivity contribution is -0.752. The van der Waals surface area contributed by atoms with Crippen LogP contribution in [-0.4, -0.2) is 10.5 Å². The summed E-state index contributed by atoms with van der Waals surface area (Å²) in [6.45, 7) is 0.975. The van der Waals surface area contributed by atoms with Gasteiger partial charge in [0.2, 0.25) is 0 Å². The van der Waals surface area contributed by atoms with Crippen LogP contribution in [0.4, 0.5) is 0 Å². The maximum Gasteiger partial charge on any atom is 0.138 e. The minimum absolute atomic E-state index is 0.504. The third kappa shape index (κ3) is 2.47. The molecular formula is C20H24ClN2+. The number of quaternary nitrogens is 1. The number of aromatic nitrogens is 1. The van der Waals surface area contributed by atoms with E-state index in [2.05, 4.69) is 28.5 Å². The van der Waals surface area contributed by atoms with E-state index in [9.17, 15) is 0 Å². The molecule has 2 aromatic rings. The Hall–Kier alpha value is -1.12. The van der Waals surface area contributed by atoms with Gasteiger partial charge in [-0.05, 0) is 49.1 Å². The lowest BCUT2D eigenvalue weighted by Crippen LogP contribution is -2.97. The largest absolute Gasteiger partial charge is 0.338 e. The zero-order valence-corrected chi connectivity index (χ0v) is 14.2. The van der Waals surface area contributed by atoms with E-state index in [4.69, 9.17) is 11.6 Å². The van der Waals surface area contributed by atoms with Crippen molar-refractivity contribution < 1.29 is 5.32 Å². The fourth-order valence-corrected chi connectivity index (χ4v) is 6.26. The van der Waals surface area contributed by atoms with Gasteiger partial charge in [-0.25, -0.2) is 4.98 Å². The molecule has 4 bridgehead atoms. The van der Waals surface area contributed by atoms with Crippen LogP contribution in [0.1, 0.15) is 44.1 Å². The van der Waals surface area contributed by atoms with Gasteiger partial charge < -0.3 is 5.32 Å². The molecule has 4 aliphatic carbocycles. The van der Waals surface area contributed by atoms with Crippen LogP contribution in [0.15, 0.2) is 30.3 Å². The van der Waals surface area contributed by atoms with E-state index in [0.29, 0.717) is 10.7 Å². The predicted octanol–water partition coefficient (Wildman–Crippen LogP) is 3.92. The van der Waals surface area contributed by atoms with Gasteiger partial charge in [0.15, 0.2) is 0 Å². The van der Waals surface area contributed by atoms with Crippen LogP contribution in [0.5, 0.6) is 0 Å². The summed E-state index contributed by atoms with van der Waals surface area (Å²) in [6, 6.07) is 10.5. The summed E-state index contributed by atoms with van der Waals surface area (Å²) in [7, 11) is 0. The lowest BCUT2D eigenvalue weighted by Gasteiger charge is -2.54. The third-order valence-corrected chi connectivity index (χ3v) is 6.92. The highest BCUT2D eigenvalue weighted by atomic mass is 35.5. The molecule has 4 aliphatic rings. The fraction of sp³-hybridized carbons (Fsp3) is 0.550. The van der Waals surface area contributed by atoms with Crippen molar-refractivity contribution in [2.75, 3.05) is 0 Å². The Morgan fingerprint density at radius 3 is 2.39 bits per heavy atom. The molecule has 1 heterocycles. The Bertz CT molecular complexity index is 719. The molecule has 4 saturated carbocycles. The second kappa shape index (κ2) is 5.19. The molecule has 2 N–H and O–H groups in total. The molecular weight excluding hydrogens is 304 g/mol. The SMILES string of the molecule is Clc1nc2ccccc2cc1C[NH2+]C12CC3CC(CC(C3)C1)C2. The molecule has 6 rings (SSSR count). The van der Waals surface area contributed by atoms with Crippen LogP contribution in [0.25, 0.3) is 10.9 Å². The molecule has 4 fully saturated rings. The second-order valence-electron chi connectivity index (χ2n) is 8.32. The molecule has 120 valence electrons. The molecule has 0 aliphatic heterocycles. The Balaban J connectivity index is 1.39. The minimum Gasteiger partial charge on any atom is -0.338 e. The normalized spacial score (nSPS) is 35.1. The van der Waals surface area contributed by atoms with E-state index in [1.165, 1.54) is 49.5 Å². The van der Waals surface area contributed by atoms with Gasteiger partial charge in [0.25, 0.3) is 0 Å². The van der Waals surface area contributed by atoms with Gasteiger partial charge in [-0.2, -0.15) is 0 Å². The number of pyridine rings is 1. The molecule has 0 spiro atoms. The Morgan fingerprint density at radius 1 is 1.04 bits per heavy atom. The van der Waals surface area contributed by atoms with Crippen molar-refractivity contribution in [3.05, 3.63) is 41.0 Å². The van der Waals surface area contributed by atoms with Gasteiger partial charge in [-0.1, -0.05) is 29.8 Å². The number of hydrogen-bond donors (Lipinski definition) is 1. The first-order valence-electron chi connectivity index (χ1n) is 9.08. The summed E-state index contributed by atoms with van der Waals surface area (Å²) in [6.07, 6.45) is 8.80. The first-order valence-corrected chi connectivity index (χ1v) is 9.45. The highest BCUT2D eigenvalue weighted by Gasteiger charge is 2.53. The van der Waals surface area contributed by atoms with Crippen LogP contribution in [0.3, 0.4) is 0 Å². The number of nitrogens with zero attached hydrogens (tertiary/aromatic N) is 1. The van der Waals surface area contributed by atoms with Gasteiger partial charge in [-0.15, -0.1) is 0 Å². The van der Waals surface area contributed by atoms with Crippen LogP contribution >= 0.6 is 11.6 Å². The number of benzene rings is 1. The Morgan fingerprint density at radius 2 is 1.70 bits per heavy atom. The number of para-hydroxylation sites is 1. The quantitative estimate of drug-likeness (QED) is 0.851. The average molecular weight is 328 g/mol. The predicted molar refractivity (Wildman–Crippen MR) is 93.3 cm³/mol. The summed E-state index contributed by atoms with van der Waals surface area (Å²) in [5.41, 5.74) is 2.70. The number of fused-ring (bicyclic) bond motifs is 1. The maximum absolute atomic E-state index is 6.46. The number of halogens is 1. The highest BCUT2D eigenvalue weighted by Crippen LogP contribution is 2.54. The van der Waals surface area contributed by atoms with E-state index in [1.807, 2.05) is 12.1 Å². The monoisotopic (exact) mass is 327 g/mol. The summed E-state index contributed by atoms with van der Waals surface area (Å²) < 4.78 is 0. The molecule has 0 atom stereocenters. The Kier molecular flexibility index (Phi) is 3.21. The molecule has 2 nitrogen and oxygen atoms in total. The molecule has 0 unspecified atom stereocenters. The summed E-state index contributed by atoms with van der Waals surface area (Å²) in [5.74, 6) is 3.01. The molecule has 0 radical (unpaired) electrons. The van der Waals surface area contributed by atoms with Crippen molar-refractivity contribution >= 4 is 22.5 Å². The van der Waals surface area contributed by atoms with E-state index in [-0.39, 0.29) is 0 Å². The van der Waals surface area contributed by atoms with Crippen molar-refractivity contribution in [1.82, 2.24) is 4.98 Å². The molecule has 0 saturated heterocycles. The van der Waals surface area contributed by atoms with E-state index < -0.39 is 0 Å². The van der Waals surface area contributed by atoms with E-state index in [1.54, 1.807) is 0 Å². The van der Waals surface area contributed by atoms with Crippen LogP contribution < -0.4 is 5.32 Å². The highest BCUT2D eigenvalue weighted by molar-refractivity contribution is 6.30.